The summed E-state index contributed by atoms with van der Waals surface area (Å²) in [6.07, 6.45) is 3.09. The van der Waals surface area contributed by atoms with Crippen molar-refractivity contribution >= 4 is 17.5 Å². The molecule has 1 atom stereocenters. The summed E-state index contributed by atoms with van der Waals surface area (Å²) >= 11 is 0. The van der Waals surface area contributed by atoms with Crippen LogP contribution in [-0.2, 0) is 11.2 Å². The van der Waals surface area contributed by atoms with Crippen molar-refractivity contribution < 1.29 is 14.0 Å². The van der Waals surface area contributed by atoms with Gasteiger partial charge in [0.05, 0.1) is 6.04 Å². The standard InChI is InChI=1S/C22H23FN2O2/c1-2-21(26)24-13-11-16-14-17(7-10-20(16)24)22(27)25-12-3-4-19(25)15-5-8-18(23)9-6-15/h5-10,14,19H,2-4,11-13H2,1H3. The number of likely N-dealkylation sites (tertiary alicyclic amines) is 1. The van der Waals surface area contributed by atoms with E-state index >= 15 is 0 Å². The van der Waals surface area contributed by atoms with Crippen molar-refractivity contribution in [3.8, 4) is 0 Å². The highest BCUT2D eigenvalue weighted by molar-refractivity contribution is 5.98. The Bertz CT molecular complexity index is 878. The molecule has 0 aromatic heterocycles. The van der Waals surface area contributed by atoms with E-state index in [1.807, 2.05) is 30.0 Å². The fourth-order valence-electron chi connectivity index (χ4n) is 4.19. The summed E-state index contributed by atoms with van der Waals surface area (Å²) in [5.74, 6) is -0.145. The maximum absolute atomic E-state index is 13.2. The maximum atomic E-state index is 13.2. The second-order valence-electron chi connectivity index (χ2n) is 7.20. The van der Waals surface area contributed by atoms with Crippen LogP contribution in [-0.4, -0.2) is 29.8 Å². The molecule has 1 unspecified atom stereocenters. The van der Waals surface area contributed by atoms with Gasteiger partial charge in [0.25, 0.3) is 5.91 Å². The summed E-state index contributed by atoms with van der Waals surface area (Å²) < 4.78 is 13.2. The number of carbonyl (C=O) groups excluding carboxylic acids is 2. The second kappa shape index (κ2) is 7.14. The van der Waals surface area contributed by atoms with Gasteiger partial charge in [0, 0.05) is 30.8 Å². The summed E-state index contributed by atoms with van der Waals surface area (Å²) in [7, 11) is 0. The van der Waals surface area contributed by atoms with E-state index in [4.69, 9.17) is 0 Å². The van der Waals surface area contributed by atoms with Crippen LogP contribution < -0.4 is 4.90 Å². The lowest BCUT2D eigenvalue weighted by molar-refractivity contribution is -0.118. The fourth-order valence-corrected chi connectivity index (χ4v) is 4.19. The molecule has 2 amide bonds. The van der Waals surface area contributed by atoms with Crippen LogP contribution in [0.15, 0.2) is 42.5 Å². The van der Waals surface area contributed by atoms with Gasteiger partial charge in [-0.15, -0.1) is 0 Å². The predicted molar refractivity (Wildman–Crippen MR) is 102 cm³/mol. The Hall–Kier alpha value is -2.69. The predicted octanol–water partition coefficient (Wildman–Crippen LogP) is 4.10. The first kappa shape index (κ1) is 17.7. The Morgan fingerprint density at radius 3 is 2.63 bits per heavy atom. The molecule has 0 saturated carbocycles. The average Bonchev–Trinajstić information content (AvgIpc) is 3.34. The van der Waals surface area contributed by atoms with Crippen molar-refractivity contribution in [1.29, 1.82) is 0 Å². The minimum atomic E-state index is -0.264. The second-order valence-corrected chi connectivity index (χ2v) is 7.20. The summed E-state index contributed by atoms with van der Waals surface area (Å²) in [4.78, 5) is 28.9. The molecule has 0 spiro atoms. The largest absolute Gasteiger partial charge is 0.332 e. The maximum Gasteiger partial charge on any atom is 0.254 e. The molecular weight excluding hydrogens is 343 g/mol. The smallest absolute Gasteiger partial charge is 0.254 e. The zero-order valence-electron chi connectivity index (χ0n) is 15.5. The Labute approximate surface area is 158 Å². The third-order valence-electron chi connectivity index (χ3n) is 5.59. The minimum Gasteiger partial charge on any atom is -0.332 e. The Morgan fingerprint density at radius 2 is 1.89 bits per heavy atom. The molecule has 4 rings (SSSR count). The molecule has 5 heteroatoms. The monoisotopic (exact) mass is 366 g/mol. The lowest BCUT2D eigenvalue weighted by Crippen LogP contribution is -2.30. The molecule has 2 aliphatic rings. The molecule has 0 aliphatic carbocycles. The van der Waals surface area contributed by atoms with Crippen LogP contribution in [0, 0.1) is 5.82 Å². The van der Waals surface area contributed by atoms with Gasteiger partial charge in [0.15, 0.2) is 0 Å². The number of rotatable bonds is 3. The zero-order chi connectivity index (χ0) is 19.0. The van der Waals surface area contributed by atoms with Crippen molar-refractivity contribution in [3.05, 3.63) is 65.0 Å². The van der Waals surface area contributed by atoms with E-state index in [0.29, 0.717) is 25.1 Å². The van der Waals surface area contributed by atoms with Gasteiger partial charge < -0.3 is 9.80 Å². The van der Waals surface area contributed by atoms with E-state index in [2.05, 4.69) is 0 Å². The highest BCUT2D eigenvalue weighted by atomic mass is 19.1. The van der Waals surface area contributed by atoms with Crippen molar-refractivity contribution in [3.63, 3.8) is 0 Å². The van der Waals surface area contributed by atoms with E-state index in [0.717, 1.165) is 36.1 Å². The summed E-state index contributed by atoms with van der Waals surface area (Å²) in [5, 5.41) is 0. The Kier molecular flexibility index (Phi) is 4.68. The van der Waals surface area contributed by atoms with Crippen molar-refractivity contribution in [2.45, 2.75) is 38.6 Å². The number of fused-ring (bicyclic) bond motifs is 1. The van der Waals surface area contributed by atoms with E-state index in [-0.39, 0.29) is 23.7 Å². The van der Waals surface area contributed by atoms with Gasteiger partial charge >= 0.3 is 0 Å². The van der Waals surface area contributed by atoms with Crippen molar-refractivity contribution in [1.82, 2.24) is 4.90 Å². The topological polar surface area (TPSA) is 40.6 Å². The molecule has 2 aromatic rings. The molecule has 140 valence electrons. The van der Waals surface area contributed by atoms with Crippen LogP contribution in [0.2, 0.25) is 0 Å². The summed E-state index contributed by atoms with van der Waals surface area (Å²) in [5.41, 5.74) is 3.62. The lowest BCUT2D eigenvalue weighted by atomic mass is 10.0. The lowest BCUT2D eigenvalue weighted by Gasteiger charge is -2.25. The molecule has 0 N–H and O–H groups in total. The van der Waals surface area contributed by atoms with E-state index in [1.165, 1.54) is 12.1 Å². The van der Waals surface area contributed by atoms with Gasteiger partial charge in [0.1, 0.15) is 5.82 Å². The van der Waals surface area contributed by atoms with Crippen LogP contribution in [0.3, 0.4) is 0 Å². The van der Waals surface area contributed by atoms with Crippen LogP contribution in [0.4, 0.5) is 10.1 Å². The molecule has 1 saturated heterocycles. The van der Waals surface area contributed by atoms with Gasteiger partial charge in [-0.3, -0.25) is 9.59 Å². The van der Waals surface area contributed by atoms with Crippen LogP contribution >= 0.6 is 0 Å². The van der Waals surface area contributed by atoms with Crippen LogP contribution in [0.25, 0.3) is 0 Å². The first-order valence-corrected chi connectivity index (χ1v) is 9.58. The molecule has 2 aliphatic heterocycles. The zero-order valence-corrected chi connectivity index (χ0v) is 15.5. The fraction of sp³-hybridized carbons (Fsp3) is 0.364. The number of nitrogens with zero attached hydrogens (tertiary/aromatic N) is 2. The first-order chi connectivity index (χ1) is 13.1. The van der Waals surface area contributed by atoms with Gasteiger partial charge in [-0.25, -0.2) is 4.39 Å². The van der Waals surface area contributed by atoms with Crippen molar-refractivity contribution in [2.24, 2.45) is 0 Å². The summed E-state index contributed by atoms with van der Waals surface area (Å²) in [6, 6.07) is 12.1. The Morgan fingerprint density at radius 1 is 1.11 bits per heavy atom. The van der Waals surface area contributed by atoms with E-state index in [9.17, 15) is 14.0 Å². The molecule has 1 fully saturated rings. The van der Waals surface area contributed by atoms with Gasteiger partial charge in [-0.1, -0.05) is 19.1 Å². The SMILES string of the molecule is CCC(=O)N1CCc2cc(C(=O)N3CCCC3c3ccc(F)cc3)ccc21. The third kappa shape index (κ3) is 3.22. The normalized spacial score (nSPS) is 18.7. The van der Waals surface area contributed by atoms with Crippen LogP contribution in [0.5, 0.6) is 0 Å². The van der Waals surface area contributed by atoms with Gasteiger partial charge in [0.2, 0.25) is 5.91 Å². The number of benzene rings is 2. The molecule has 2 heterocycles. The molecule has 2 aromatic carbocycles. The highest BCUT2D eigenvalue weighted by Gasteiger charge is 2.32. The van der Waals surface area contributed by atoms with E-state index in [1.54, 1.807) is 17.0 Å². The molecule has 27 heavy (non-hydrogen) atoms. The molecular formula is C22H23FN2O2. The first-order valence-electron chi connectivity index (χ1n) is 9.58. The summed E-state index contributed by atoms with van der Waals surface area (Å²) in [6.45, 7) is 3.25. The number of carbonyl (C=O) groups is 2. The van der Waals surface area contributed by atoms with Crippen molar-refractivity contribution in [2.75, 3.05) is 18.0 Å². The average molecular weight is 366 g/mol. The van der Waals surface area contributed by atoms with Gasteiger partial charge in [-0.2, -0.15) is 0 Å². The molecule has 4 nitrogen and oxygen atoms in total. The molecule has 0 radical (unpaired) electrons. The Balaban J connectivity index is 1.58. The quantitative estimate of drug-likeness (QED) is 0.820. The van der Waals surface area contributed by atoms with E-state index < -0.39 is 0 Å². The number of hydrogen-bond donors (Lipinski definition) is 0. The number of hydrogen-bond acceptors (Lipinski definition) is 2. The number of anilines is 1. The number of halogens is 1. The molecule has 0 bridgehead atoms. The number of amides is 2. The highest BCUT2D eigenvalue weighted by Crippen LogP contribution is 2.35. The minimum absolute atomic E-state index is 0.00453. The van der Waals surface area contributed by atoms with Crippen LogP contribution in [0.1, 0.15) is 53.7 Å². The third-order valence-corrected chi connectivity index (χ3v) is 5.59. The van der Waals surface area contributed by atoms with Gasteiger partial charge in [-0.05, 0) is 60.7 Å².